The zero-order valence-electron chi connectivity index (χ0n) is 28.1. The van der Waals surface area contributed by atoms with Crippen LogP contribution in [-0.2, 0) is 32.6 Å². The van der Waals surface area contributed by atoms with Crippen molar-refractivity contribution >= 4 is 27.5 Å². The Kier molecular flexibility index (Phi) is 11.5. The van der Waals surface area contributed by atoms with Crippen LogP contribution >= 0.6 is 0 Å². The largest absolute Gasteiger partial charge is 0.493 e. The summed E-state index contributed by atoms with van der Waals surface area (Å²) in [7, 11) is -1.52. The Bertz CT molecular complexity index is 1810. The van der Waals surface area contributed by atoms with Crippen LogP contribution < -0.4 is 19.1 Å². The quantitative estimate of drug-likeness (QED) is 0.189. The SMILES string of the molecule is COc1ccc(S(=O)(=O)N(CC(=O)N(Cc2ccc(F)cc2)[C@H](Cc2ccccc2)C(=O)NC(C)(C)C)c2ccc(C)cc2)cc1OC. The number of nitrogens with one attached hydrogen (secondary N) is 1. The van der Waals surface area contributed by atoms with Gasteiger partial charge in [0.2, 0.25) is 11.8 Å². The summed E-state index contributed by atoms with van der Waals surface area (Å²) < 4.78 is 54.3. The number of anilines is 1. The Morgan fingerprint density at radius 3 is 2.04 bits per heavy atom. The number of methoxy groups -OCH3 is 2. The molecule has 4 aromatic rings. The summed E-state index contributed by atoms with van der Waals surface area (Å²) >= 11 is 0. The van der Waals surface area contributed by atoms with E-state index in [0.717, 1.165) is 15.4 Å². The normalized spacial score (nSPS) is 12.1. The van der Waals surface area contributed by atoms with Crippen molar-refractivity contribution in [1.29, 1.82) is 0 Å². The molecule has 11 heteroatoms. The molecule has 2 amide bonds. The van der Waals surface area contributed by atoms with Crippen molar-refractivity contribution < 1.29 is 31.9 Å². The van der Waals surface area contributed by atoms with E-state index < -0.39 is 45.8 Å². The molecule has 0 aromatic heterocycles. The summed E-state index contributed by atoms with van der Waals surface area (Å²) in [5, 5.41) is 2.99. The molecule has 0 aliphatic rings. The fourth-order valence-electron chi connectivity index (χ4n) is 5.14. The van der Waals surface area contributed by atoms with Crippen molar-refractivity contribution in [3.63, 3.8) is 0 Å². The van der Waals surface area contributed by atoms with Gasteiger partial charge in [-0.1, -0.05) is 60.2 Å². The Balaban J connectivity index is 1.83. The zero-order valence-corrected chi connectivity index (χ0v) is 28.9. The smallest absolute Gasteiger partial charge is 0.264 e. The highest BCUT2D eigenvalue weighted by molar-refractivity contribution is 7.92. The number of carbonyl (C=O) groups is 2. The molecule has 1 N–H and O–H groups in total. The topological polar surface area (TPSA) is 105 Å². The van der Waals surface area contributed by atoms with E-state index in [1.807, 2.05) is 58.0 Å². The first-order chi connectivity index (χ1) is 22.7. The van der Waals surface area contributed by atoms with E-state index in [1.54, 1.807) is 24.3 Å². The number of hydrogen-bond donors (Lipinski definition) is 1. The van der Waals surface area contributed by atoms with E-state index in [-0.39, 0.29) is 29.3 Å². The number of carbonyl (C=O) groups excluding carboxylic acids is 2. The number of ether oxygens (including phenoxy) is 2. The van der Waals surface area contributed by atoms with Gasteiger partial charge in [0.05, 0.1) is 24.8 Å². The Morgan fingerprint density at radius 1 is 0.833 bits per heavy atom. The van der Waals surface area contributed by atoms with Gasteiger partial charge < -0.3 is 19.7 Å². The highest BCUT2D eigenvalue weighted by Gasteiger charge is 2.36. The minimum Gasteiger partial charge on any atom is -0.493 e. The lowest BCUT2D eigenvalue weighted by molar-refractivity contribution is -0.140. The fourth-order valence-corrected chi connectivity index (χ4v) is 6.57. The lowest BCUT2D eigenvalue weighted by atomic mass is 10.0. The average Bonchev–Trinajstić information content (AvgIpc) is 3.05. The van der Waals surface area contributed by atoms with Crippen LogP contribution in [0.2, 0.25) is 0 Å². The van der Waals surface area contributed by atoms with Crippen LogP contribution in [-0.4, -0.2) is 57.5 Å². The molecule has 48 heavy (non-hydrogen) atoms. The molecule has 0 saturated heterocycles. The summed E-state index contributed by atoms with van der Waals surface area (Å²) in [5.74, 6) is -0.947. The summed E-state index contributed by atoms with van der Waals surface area (Å²) in [6.07, 6.45) is 0.155. The zero-order chi connectivity index (χ0) is 35.1. The van der Waals surface area contributed by atoms with Crippen LogP contribution in [0, 0.1) is 12.7 Å². The molecule has 0 aliphatic heterocycles. The number of aryl methyl sites for hydroxylation is 1. The standard InChI is InChI=1S/C37H42FN3O6S/c1-26-12-18-30(19-13-26)41(48(44,45)31-20-21-33(46-5)34(23-31)47-6)25-35(42)40(24-28-14-16-29(38)17-15-28)32(36(43)39-37(2,3)4)22-27-10-8-7-9-11-27/h7-21,23,32H,22,24-25H2,1-6H3,(H,39,43)/t32-/m1/s1. The second-order valence-corrected chi connectivity index (χ2v) is 14.3. The number of halogens is 1. The minimum absolute atomic E-state index is 0.0771. The highest BCUT2D eigenvalue weighted by Crippen LogP contribution is 2.32. The Morgan fingerprint density at radius 2 is 1.46 bits per heavy atom. The minimum atomic E-state index is -4.37. The number of nitrogens with zero attached hydrogens (tertiary/aromatic N) is 2. The molecule has 4 rings (SSSR count). The predicted octanol–water partition coefficient (Wildman–Crippen LogP) is 5.90. The number of sulfonamides is 1. The van der Waals surface area contributed by atoms with Crippen molar-refractivity contribution in [2.75, 3.05) is 25.1 Å². The van der Waals surface area contributed by atoms with Crippen LogP contribution in [0.5, 0.6) is 11.5 Å². The molecular weight excluding hydrogens is 633 g/mol. The molecule has 0 radical (unpaired) electrons. The Hall–Kier alpha value is -4.90. The Labute approximate surface area is 282 Å². The third-order valence-corrected chi connectivity index (χ3v) is 9.35. The van der Waals surface area contributed by atoms with Gasteiger partial charge in [-0.2, -0.15) is 0 Å². The lowest BCUT2D eigenvalue weighted by Crippen LogP contribution is -2.56. The van der Waals surface area contributed by atoms with Crippen LogP contribution in [0.25, 0.3) is 0 Å². The van der Waals surface area contributed by atoms with Gasteiger partial charge in [0.15, 0.2) is 11.5 Å². The molecule has 0 aliphatic carbocycles. The second-order valence-electron chi connectivity index (χ2n) is 12.5. The first-order valence-electron chi connectivity index (χ1n) is 15.4. The molecule has 9 nitrogen and oxygen atoms in total. The van der Waals surface area contributed by atoms with Crippen LogP contribution in [0.15, 0.2) is 102 Å². The monoisotopic (exact) mass is 675 g/mol. The highest BCUT2D eigenvalue weighted by atomic mass is 32.2. The van der Waals surface area contributed by atoms with Crippen molar-refractivity contribution in [2.45, 2.75) is 57.1 Å². The van der Waals surface area contributed by atoms with Crippen molar-refractivity contribution in [2.24, 2.45) is 0 Å². The second kappa shape index (κ2) is 15.3. The van der Waals surface area contributed by atoms with Gasteiger partial charge in [0.25, 0.3) is 10.0 Å². The van der Waals surface area contributed by atoms with Crippen LogP contribution in [0.3, 0.4) is 0 Å². The van der Waals surface area contributed by atoms with Crippen molar-refractivity contribution in [1.82, 2.24) is 10.2 Å². The summed E-state index contributed by atoms with van der Waals surface area (Å²) in [5.41, 5.74) is 1.90. The fraction of sp³-hybridized carbons (Fsp3) is 0.297. The van der Waals surface area contributed by atoms with Crippen LogP contribution in [0.1, 0.15) is 37.5 Å². The van der Waals surface area contributed by atoms with E-state index in [2.05, 4.69) is 5.32 Å². The van der Waals surface area contributed by atoms with Gasteiger partial charge in [-0.3, -0.25) is 13.9 Å². The number of benzene rings is 4. The maximum atomic E-state index is 14.6. The molecule has 254 valence electrons. The maximum absolute atomic E-state index is 14.6. The molecule has 0 unspecified atom stereocenters. The van der Waals surface area contributed by atoms with Gasteiger partial charge in [-0.05, 0) is 75.2 Å². The number of rotatable bonds is 13. The lowest BCUT2D eigenvalue weighted by Gasteiger charge is -2.35. The van der Waals surface area contributed by atoms with Crippen molar-refractivity contribution in [3.8, 4) is 11.5 Å². The van der Waals surface area contributed by atoms with E-state index in [4.69, 9.17) is 9.47 Å². The molecule has 4 aromatic carbocycles. The molecule has 0 spiro atoms. The molecule has 1 atom stereocenters. The maximum Gasteiger partial charge on any atom is 0.264 e. The molecule has 0 saturated carbocycles. The first-order valence-corrected chi connectivity index (χ1v) is 16.9. The number of amides is 2. The molecule has 0 heterocycles. The van der Waals surface area contributed by atoms with Gasteiger partial charge in [0, 0.05) is 24.6 Å². The third-order valence-electron chi connectivity index (χ3n) is 7.58. The third kappa shape index (κ3) is 9.13. The molecule has 0 bridgehead atoms. The van der Waals surface area contributed by atoms with Crippen molar-refractivity contribution in [3.05, 3.63) is 120 Å². The molecule has 0 fully saturated rings. The summed E-state index contributed by atoms with van der Waals surface area (Å²) in [4.78, 5) is 29.8. The van der Waals surface area contributed by atoms with E-state index >= 15 is 0 Å². The van der Waals surface area contributed by atoms with E-state index in [1.165, 1.54) is 61.6 Å². The first kappa shape index (κ1) is 35.9. The predicted molar refractivity (Wildman–Crippen MR) is 184 cm³/mol. The van der Waals surface area contributed by atoms with Crippen LogP contribution in [0.4, 0.5) is 10.1 Å². The summed E-state index contributed by atoms with van der Waals surface area (Å²) in [6, 6.07) is 24.8. The summed E-state index contributed by atoms with van der Waals surface area (Å²) in [6.45, 7) is 6.68. The van der Waals surface area contributed by atoms with Gasteiger partial charge in [0.1, 0.15) is 18.4 Å². The molecular formula is C37H42FN3O6S. The van der Waals surface area contributed by atoms with E-state index in [9.17, 15) is 22.4 Å². The van der Waals surface area contributed by atoms with Gasteiger partial charge in [-0.15, -0.1) is 0 Å². The number of hydrogen-bond acceptors (Lipinski definition) is 6. The average molecular weight is 676 g/mol. The van der Waals surface area contributed by atoms with Gasteiger partial charge >= 0.3 is 0 Å². The van der Waals surface area contributed by atoms with E-state index in [0.29, 0.717) is 11.3 Å². The van der Waals surface area contributed by atoms with Gasteiger partial charge in [-0.25, -0.2) is 12.8 Å².